The normalized spacial score (nSPS) is 42.9. The molecular weight excluding hydrogens is 831 g/mol. The van der Waals surface area contributed by atoms with Crippen LogP contribution in [0.5, 0.6) is 0 Å². The summed E-state index contributed by atoms with van der Waals surface area (Å²) < 4.78 is 72.7. The second-order valence-corrected chi connectivity index (χ2v) is 24.7. The molecule has 0 spiro atoms. The number of esters is 3. The van der Waals surface area contributed by atoms with Crippen LogP contribution in [0.25, 0.3) is 0 Å². The quantitative estimate of drug-likeness (QED) is 0.0752. The first-order valence-electron chi connectivity index (χ1n) is 22.8. The summed E-state index contributed by atoms with van der Waals surface area (Å²) in [4.78, 5) is 41.9. The molecule has 4 aliphatic rings. The van der Waals surface area contributed by atoms with E-state index in [-0.39, 0.29) is 31.1 Å². The Morgan fingerprint density at radius 1 is 0.905 bits per heavy atom. The van der Waals surface area contributed by atoms with Crippen LogP contribution in [0.4, 0.5) is 0 Å². The summed E-state index contributed by atoms with van der Waals surface area (Å²) in [6, 6.07) is -0.244. The van der Waals surface area contributed by atoms with Gasteiger partial charge in [-0.25, -0.2) is 0 Å². The lowest BCUT2D eigenvalue weighted by atomic mass is 9.77. The highest BCUT2D eigenvalue weighted by atomic mass is 28.4. The first-order chi connectivity index (χ1) is 29.1. The smallest absolute Gasteiger partial charge is 0.311 e. The molecule has 15 nitrogen and oxygen atoms in total. The van der Waals surface area contributed by atoms with E-state index in [1.165, 1.54) is 13.8 Å². The number of fused-ring (bicyclic) bond motifs is 2. The van der Waals surface area contributed by atoms with Crippen molar-refractivity contribution in [3.8, 4) is 0 Å². The lowest BCUT2D eigenvalue weighted by Crippen LogP contribution is -2.61. The van der Waals surface area contributed by atoms with Crippen molar-refractivity contribution in [2.24, 2.45) is 17.8 Å². The molecule has 0 aromatic heterocycles. The fourth-order valence-electron chi connectivity index (χ4n) is 10.4. The number of likely N-dealkylation sites (N-methyl/N-ethyl adjacent to an activating group) is 1. The number of carbonyl (C=O) groups is 3. The van der Waals surface area contributed by atoms with E-state index in [0.717, 1.165) is 11.3 Å². The lowest BCUT2D eigenvalue weighted by molar-refractivity contribution is -0.320. The van der Waals surface area contributed by atoms with E-state index in [0.29, 0.717) is 19.3 Å². The highest BCUT2D eigenvalue weighted by Gasteiger charge is 2.59. The largest absolute Gasteiger partial charge is 0.485 e. The van der Waals surface area contributed by atoms with E-state index in [4.69, 9.17) is 51.8 Å². The summed E-state index contributed by atoms with van der Waals surface area (Å²) in [6.45, 7) is 32.7. The van der Waals surface area contributed by atoms with Crippen LogP contribution in [-0.4, -0.2) is 143 Å². The molecule has 0 radical (unpaired) electrons. The second kappa shape index (κ2) is 21.0. The summed E-state index contributed by atoms with van der Waals surface area (Å²) in [7, 11) is 3.26. The lowest BCUT2D eigenvalue weighted by Gasteiger charge is -2.50. The monoisotopic (exact) mass is 912 g/mol. The van der Waals surface area contributed by atoms with E-state index >= 15 is 0 Å². The summed E-state index contributed by atoms with van der Waals surface area (Å²) in [5, 5.41) is 0. The van der Waals surface area contributed by atoms with Gasteiger partial charge in [0.25, 0.3) is 0 Å². The molecule has 3 fully saturated rings. The average Bonchev–Trinajstić information content (AvgIpc) is 3.43. The first kappa shape index (κ1) is 53.2. The van der Waals surface area contributed by atoms with Crippen molar-refractivity contribution in [1.29, 1.82) is 0 Å². The molecule has 4 rings (SSSR count). The van der Waals surface area contributed by atoms with Gasteiger partial charge in [0.15, 0.2) is 38.7 Å². The van der Waals surface area contributed by atoms with Gasteiger partial charge in [-0.2, -0.15) is 0 Å². The van der Waals surface area contributed by atoms with Crippen LogP contribution < -0.4 is 0 Å². The minimum atomic E-state index is -2.18. The van der Waals surface area contributed by atoms with Crippen molar-refractivity contribution < 1.29 is 66.2 Å². The molecule has 0 saturated carbocycles. The second-order valence-electron chi connectivity index (χ2n) is 20.3. The molecule has 362 valence electrons. The predicted molar refractivity (Wildman–Crippen MR) is 239 cm³/mol. The van der Waals surface area contributed by atoms with E-state index in [1.54, 1.807) is 27.0 Å². The molecule has 0 N–H and O–H groups in total. The maximum Gasteiger partial charge on any atom is 0.311 e. The van der Waals surface area contributed by atoms with Crippen molar-refractivity contribution in [1.82, 2.24) is 4.90 Å². The molecular formula is C47H81NO14Si. The molecule has 4 heterocycles. The molecule has 0 aromatic rings. The van der Waals surface area contributed by atoms with E-state index in [9.17, 15) is 14.4 Å². The molecule has 2 bridgehead atoms. The zero-order valence-corrected chi connectivity index (χ0v) is 42.6. The fourth-order valence-corrected chi connectivity index (χ4v) is 11.6. The summed E-state index contributed by atoms with van der Waals surface area (Å²) in [5.41, 5.74) is -2.31. The van der Waals surface area contributed by atoms with Gasteiger partial charge < -0.3 is 56.7 Å². The number of hydrogen-bond acceptors (Lipinski definition) is 15. The van der Waals surface area contributed by atoms with Crippen LogP contribution in [0.2, 0.25) is 19.6 Å². The van der Waals surface area contributed by atoms with Crippen LogP contribution >= 0.6 is 0 Å². The van der Waals surface area contributed by atoms with Crippen molar-refractivity contribution >= 4 is 26.2 Å². The van der Waals surface area contributed by atoms with Crippen LogP contribution in [0, 0.1) is 17.8 Å². The van der Waals surface area contributed by atoms with Crippen molar-refractivity contribution in [3.63, 3.8) is 0 Å². The number of rotatable bonds is 14. The Morgan fingerprint density at radius 2 is 1.54 bits per heavy atom. The molecule has 0 aromatic carbocycles. The number of hydrogen-bond donors (Lipinski definition) is 0. The zero-order valence-electron chi connectivity index (χ0n) is 41.6. The molecule has 2 unspecified atom stereocenters. The SMILES string of the molecule is C=CCO[C@]1(C)C/C(C)=C2\OC(C)([C@H](O[Si](C)(C)C)[C@H]2C)[C@@H](CC)OC(=O)[C@H](C)[C@@H](OC2C[C@@](C)(OC)[C@@H](OC(C)=O)[C@H](C)O2)[C@H](C)[C@H]1O[C@@H]1O[C@H](C)C[C@H](N(C)C)[C@H]1OC(C)=O. The minimum absolute atomic E-state index is 0.158. The summed E-state index contributed by atoms with van der Waals surface area (Å²) >= 11 is 0. The third-order valence-corrected chi connectivity index (χ3v) is 14.4. The molecule has 16 heteroatoms. The molecule has 3 saturated heterocycles. The van der Waals surface area contributed by atoms with Gasteiger partial charge in [-0.3, -0.25) is 14.4 Å². The average molecular weight is 912 g/mol. The van der Waals surface area contributed by atoms with E-state index in [2.05, 4.69) is 33.1 Å². The third kappa shape index (κ3) is 12.1. The predicted octanol–water partition coefficient (Wildman–Crippen LogP) is 7.10. The number of nitrogens with zero attached hydrogens (tertiary/aromatic N) is 1. The molecule has 0 amide bonds. The maximum atomic E-state index is 14.9. The van der Waals surface area contributed by atoms with Crippen LogP contribution in [0.1, 0.15) is 109 Å². The molecule has 17 atom stereocenters. The van der Waals surface area contributed by atoms with Gasteiger partial charge >= 0.3 is 17.9 Å². The van der Waals surface area contributed by atoms with Gasteiger partial charge in [-0.15, -0.1) is 6.58 Å². The van der Waals surface area contributed by atoms with Gasteiger partial charge in [-0.05, 0) is 101 Å². The Kier molecular flexibility index (Phi) is 17.8. The van der Waals surface area contributed by atoms with Gasteiger partial charge in [0.05, 0.1) is 54.7 Å². The summed E-state index contributed by atoms with van der Waals surface area (Å²) in [6.07, 6.45) is -4.18. The highest BCUT2D eigenvalue weighted by Crippen LogP contribution is 2.49. The van der Waals surface area contributed by atoms with Gasteiger partial charge in [-0.1, -0.05) is 26.8 Å². The van der Waals surface area contributed by atoms with Gasteiger partial charge in [0, 0.05) is 45.6 Å². The standard InChI is InChI=1S/C47H81NO14Si/c1-20-22-53-46(12)24-26(3)37-28(5)41(62-63(17,18)19)47(13,61-37)35(21-2)58-43(51)30(7)38(59-36-25-45(11,52-16)42(31(8)55-36)57-33(10)50)29(6)40(46)60-44-39(56-32(9)49)34(48(14)15)23-27(4)54-44/h20,27-31,34-36,38-42,44H,1,21-25H2,2-19H3/b37-26-/t27-,28+,29+,30-,31+,34+,35-,36?,38+,39-,40-,41-,42+,44+,45-,46-,47?/m1/s1. The Labute approximate surface area is 378 Å². The van der Waals surface area contributed by atoms with Crippen molar-refractivity contribution in [2.75, 3.05) is 27.8 Å². The van der Waals surface area contributed by atoms with E-state index in [1.807, 2.05) is 67.5 Å². The highest BCUT2D eigenvalue weighted by molar-refractivity contribution is 6.69. The van der Waals surface area contributed by atoms with Crippen molar-refractivity contribution in [2.45, 2.75) is 213 Å². The van der Waals surface area contributed by atoms with Gasteiger partial charge in [0.2, 0.25) is 0 Å². The fraction of sp³-hybridized carbons (Fsp3) is 0.851. The van der Waals surface area contributed by atoms with Crippen LogP contribution in [-0.2, 0) is 66.2 Å². The molecule has 0 aliphatic carbocycles. The Hall–Kier alpha value is -2.41. The number of cyclic esters (lactones) is 1. The maximum absolute atomic E-state index is 14.9. The Morgan fingerprint density at radius 3 is 2.08 bits per heavy atom. The Balaban J connectivity index is 1.99. The number of methoxy groups -OCH3 is 1. The number of carbonyl (C=O) groups excluding carboxylic acids is 3. The Bertz CT molecular complexity index is 1640. The topological polar surface area (TPSA) is 156 Å². The zero-order chi connectivity index (χ0) is 47.6. The van der Waals surface area contributed by atoms with Crippen molar-refractivity contribution in [3.05, 3.63) is 24.0 Å². The molecule has 4 aliphatic heterocycles. The minimum Gasteiger partial charge on any atom is -0.485 e. The van der Waals surface area contributed by atoms with Gasteiger partial charge in [0.1, 0.15) is 17.5 Å². The van der Waals surface area contributed by atoms with Crippen LogP contribution in [0.15, 0.2) is 24.0 Å². The van der Waals surface area contributed by atoms with Crippen LogP contribution in [0.3, 0.4) is 0 Å². The summed E-state index contributed by atoms with van der Waals surface area (Å²) in [5.74, 6) is -2.47. The first-order valence-corrected chi connectivity index (χ1v) is 26.3. The van der Waals surface area contributed by atoms with E-state index < -0.39 is 110 Å². The number of ether oxygens (including phenoxy) is 10. The third-order valence-electron chi connectivity index (χ3n) is 13.4. The molecule has 63 heavy (non-hydrogen) atoms.